The van der Waals surface area contributed by atoms with Gasteiger partial charge in [0.25, 0.3) is 0 Å². The van der Waals surface area contributed by atoms with Gasteiger partial charge in [-0.15, -0.1) is 0 Å². The highest BCUT2D eigenvalue weighted by atomic mass is 19.1. The first-order valence-corrected chi connectivity index (χ1v) is 16.1. The summed E-state index contributed by atoms with van der Waals surface area (Å²) in [6.07, 6.45) is 1.09. The molecule has 4 aromatic carbocycles. The number of carbonyl (C=O) groups is 1. The second kappa shape index (κ2) is 14.4. The van der Waals surface area contributed by atoms with Crippen molar-refractivity contribution in [3.05, 3.63) is 138 Å². The number of hydrogen-bond acceptors (Lipinski definition) is 7. The summed E-state index contributed by atoms with van der Waals surface area (Å²) in [6, 6.07) is 36.2. The van der Waals surface area contributed by atoms with Crippen LogP contribution in [0, 0.1) is 5.82 Å². The Morgan fingerprint density at radius 2 is 1.44 bits per heavy atom. The Hall–Kier alpha value is -5.61. The van der Waals surface area contributed by atoms with E-state index in [0.717, 1.165) is 41.5 Å². The minimum Gasteiger partial charge on any atom is -0.462 e. The zero-order valence-corrected chi connectivity index (χ0v) is 27.2. The Labute approximate surface area is 279 Å². The molecule has 0 aliphatic carbocycles. The largest absolute Gasteiger partial charge is 0.462 e. The lowest BCUT2D eigenvalue weighted by molar-refractivity contribution is -0.114. The third-order valence-corrected chi connectivity index (χ3v) is 8.38. The van der Waals surface area contributed by atoms with Gasteiger partial charge in [-0.3, -0.25) is 4.79 Å². The maximum Gasteiger partial charge on any atom is 0.318 e. The molecule has 1 amide bonds. The lowest BCUT2D eigenvalue weighted by Gasteiger charge is -2.37. The molecule has 0 saturated heterocycles. The quantitative estimate of drug-likeness (QED) is 0.128. The Morgan fingerprint density at radius 1 is 0.854 bits per heavy atom. The van der Waals surface area contributed by atoms with Gasteiger partial charge in [0.2, 0.25) is 5.91 Å². The van der Waals surface area contributed by atoms with Crippen molar-refractivity contribution < 1.29 is 13.9 Å². The van der Waals surface area contributed by atoms with Gasteiger partial charge in [0.15, 0.2) is 17.5 Å². The summed E-state index contributed by atoms with van der Waals surface area (Å²) in [5, 5.41) is 11.8. The summed E-state index contributed by atoms with van der Waals surface area (Å²) in [6.45, 7) is 8.51. The molecule has 2 N–H and O–H groups in total. The first-order chi connectivity index (χ1) is 23.4. The molecule has 0 unspecified atom stereocenters. The van der Waals surface area contributed by atoms with Gasteiger partial charge in [0.05, 0.1) is 11.7 Å². The first-order valence-electron chi connectivity index (χ1n) is 16.1. The molecule has 6 aromatic rings. The number of halogens is 1. The monoisotopic (exact) mass is 643 g/mol. The average Bonchev–Trinajstić information content (AvgIpc) is 3.46. The molecule has 244 valence electrons. The molecule has 0 spiro atoms. The number of hydrogen-bond donors (Lipinski definition) is 2. The standard InChI is InChI=1S/C38H38FN7O2/c1-4-45(5-2)23-24-48-37-40-26-33(39)36(43-37)42-31-21-22-34-32(25-31)35(41-27(3)47)44-46(34)38(28-15-9-6-10-16-28,29-17-11-7-12-18-29)30-19-13-8-14-20-30/h6-22,25-26H,4-5,23-24H2,1-3H3,(H,40,42,43)(H,41,44,47). The number of aromatic nitrogens is 4. The van der Waals surface area contributed by atoms with E-state index in [4.69, 9.17) is 9.84 Å². The molecule has 0 aliphatic rings. The topological polar surface area (TPSA) is 97.2 Å². The van der Waals surface area contributed by atoms with Crippen LogP contribution in [0.1, 0.15) is 37.5 Å². The number of likely N-dealkylation sites (N-methyl/N-ethyl adjacent to an activating group) is 1. The smallest absolute Gasteiger partial charge is 0.318 e. The number of ether oxygens (including phenoxy) is 1. The van der Waals surface area contributed by atoms with Crippen LogP contribution < -0.4 is 15.4 Å². The van der Waals surface area contributed by atoms with Crippen LogP contribution in [0.4, 0.5) is 21.7 Å². The number of carbonyl (C=O) groups excluding carboxylic acids is 1. The number of rotatable bonds is 13. The molecule has 0 atom stereocenters. The molecule has 48 heavy (non-hydrogen) atoms. The molecule has 0 aliphatic heterocycles. The lowest BCUT2D eigenvalue weighted by atomic mass is 9.77. The molecule has 2 aromatic heterocycles. The minimum atomic E-state index is -0.913. The highest BCUT2D eigenvalue weighted by Gasteiger charge is 2.41. The number of amides is 1. The Bertz CT molecular complexity index is 1880. The van der Waals surface area contributed by atoms with Crippen LogP contribution in [0.3, 0.4) is 0 Å². The molecule has 9 nitrogen and oxygen atoms in total. The van der Waals surface area contributed by atoms with Gasteiger partial charge in [-0.2, -0.15) is 10.1 Å². The van der Waals surface area contributed by atoms with E-state index < -0.39 is 11.4 Å². The van der Waals surface area contributed by atoms with Crippen molar-refractivity contribution in [1.82, 2.24) is 24.6 Å². The number of fused-ring (bicyclic) bond motifs is 1. The summed E-state index contributed by atoms with van der Waals surface area (Å²) in [5.74, 6) is -0.544. The number of nitrogens with zero attached hydrogens (tertiary/aromatic N) is 5. The van der Waals surface area contributed by atoms with E-state index in [9.17, 15) is 9.18 Å². The summed E-state index contributed by atoms with van der Waals surface area (Å²) < 4.78 is 22.7. The molecule has 0 fully saturated rings. The van der Waals surface area contributed by atoms with Crippen LogP contribution >= 0.6 is 0 Å². The van der Waals surface area contributed by atoms with E-state index in [-0.39, 0.29) is 17.7 Å². The fourth-order valence-electron chi connectivity index (χ4n) is 6.07. The Morgan fingerprint density at radius 3 is 1.98 bits per heavy atom. The fourth-order valence-corrected chi connectivity index (χ4v) is 6.07. The van der Waals surface area contributed by atoms with Crippen LogP contribution in [-0.4, -0.2) is 56.8 Å². The average molecular weight is 644 g/mol. The second-order valence-corrected chi connectivity index (χ2v) is 11.3. The number of benzene rings is 4. The van der Waals surface area contributed by atoms with E-state index in [1.807, 2.05) is 77.5 Å². The van der Waals surface area contributed by atoms with Crippen LogP contribution in [0.5, 0.6) is 6.01 Å². The Balaban J connectivity index is 1.48. The van der Waals surface area contributed by atoms with Crippen LogP contribution in [0.2, 0.25) is 0 Å². The van der Waals surface area contributed by atoms with Crippen LogP contribution in [-0.2, 0) is 10.3 Å². The van der Waals surface area contributed by atoms with Crippen molar-refractivity contribution in [2.24, 2.45) is 0 Å². The minimum absolute atomic E-state index is 0.0251. The van der Waals surface area contributed by atoms with E-state index >= 15 is 0 Å². The number of anilines is 3. The van der Waals surface area contributed by atoms with Crippen molar-refractivity contribution in [2.75, 3.05) is 36.9 Å². The molecular formula is C38H38FN7O2. The highest BCUT2D eigenvalue weighted by molar-refractivity contribution is 6.00. The van der Waals surface area contributed by atoms with Crippen molar-refractivity contribution in [3.8, 4) is 6.01 Å². The van der Waals surface area contributed by atoms with Gasteiger partial charge in [0.1, 0.15) is 12.1 Å². The van der Waals surface area contributed by atoms with E-state index in [2.05, 4.69) is 75.7 Å². The normalized spacial score (nSPS) is 11.5. The predicted octanol–water partition coefficient (Wildman–Crippen LogP) is 7.23. The molecule has 6 rings (SSSR count). The van der Waals surface area contributed by atoms with E-state index in [1.54, 1.807) is 0 Å². The second-order valence-electron chi connectivity index (χ2n) is 11.3. The zero-order valence-electron chi connectivity index (χ0n) is 27.2. The Kier molecular flexibility index (Phi) is 9.73. The van der Waals surface area contributed by atoms with Crippen LogP contribution in [0.25, 0.3) is 10.9 Å². The van der Waals surface area contributed by atoms with Gasteiger partial charge in [-0.05, 0) is 48.0 Å². The molecule has 0 saturated carbocycles. The molecule has 10 heteroatoms. The molecule has 0 bridgehead atoms. The van der Waals surface area contributed by atoms with Gasteiger partial charge < -0.3 is 20.3 Å². The van der Waals surface area contributed by atoms with Crippen molar-refractivity contribution in [3.63, 3.8) is 0 Å². The van der Waals surface area contributed by atoms with Gasteiger partial charge in [-0.25, -0.2) is 14.1 Å². The molecular weight excluding hydrogens is 605 g/mol. The maximum atomic E-state index is 15.0. The van der Waals surface area contributed by atoms with E-state index in [1.165, 1.54) is 6.92 Å². The van der Waals surface area contributed by atoms with Gasteiger partial charge >= 0.3 is 6.01 Å². The zero-order chi connectivity index (χ0) is 33.5. The van der Waals surface area contributed by atoms with Crippen LogP contribution in [0.15, 0.2) is 115 Å². The third kappa shape index (κ3) is 6.47. The fraction of sp³-hybridized carbons (Fsp3) is 0.211. The molecule has 2 heterocycles. The highest BCUT2D eigenvalue weighted by Crippen LogP contribution is 2.44. The number of nitrogens with one attached hydrogen (secondary N) is 2. The van der Waals surface area contributed by atoms with Crippen molar-refractivity contribution >= 4 is 34.1 Å². The first kappa shape index (κ1) is 32.3. The summed E-state index contributed by atoms with van der Waals surface area (Å²) in [4.78, 5) is 23.0. The van der Waals surface area contributed by atoms with Gasteiger partial charge in [-0.1, -0.05) is 105 Å². The predicted molar refractivity (Wildman–Crippen MR) is 187 cm³/mol. The van der Waals surface area contributed by atoms with Gasteiger partial charge in [0, 0.05) is 24.5 Å². The molecule has 0 radical (unpaired) electrons. The summed E-state index contributed by atoms with van der Waals surface area (Å²) in [7, 11) is 0. The summed E-state index contributed by atoms with van der Waals surface area (Å²) >= 11 is 0. The van der Waals surface area contributed by atoms with Crippen molar-refractivity contribution in [2.45, 2.75) is 26.3 Å². The summed E-state index contributed by atoms with van der Waals surface area (Å²) in [5.41, 5.74) is 3.35. The SMILES string of the molecule is CCN(CC)CCOc1ncc(F)c(Nc2ccc3c(c2)c(NC(C)=O)nn3C(c2ccccc2)(c2ccccc2)c2ccccc2)n1. The lowest BCUT2D eigenvalue weighted by Crippen LogP contribution is -2.38. The van der Waals surface area contributed by atoms with Crippen molar-refractivity contribution in [1.29, 1.82) is 0 Å². The maximum absolute atomic E-state index is 15.0. The third-order valence-electron chi connectivity index (χ3n) is 8.38. The van der Waals surface area contributed by atoms with E-state index in [0.29, 0.717) is 30.0 Å².